The summed E-state index contributed by atoms with van der Waals surface area (Å²) in [5, 5.41) is 12.2. The third-order valence-corrected chi connectivity index (χ3v) is 11.5. The molecule has 0 atom stereocenters. The van der Waals surface area contributed by atoms with Crippen LogP contribution in [0.3, 0.4) is 0 Å². The first-order valence-corrected chi connectivity index (χ1v) is 18.5. The van der Waals surface area contributed by atoms with Crippen molar-refractivity contribution in [3.63, 3.8) is 0 Å². The Bertz CT molecular complexity index is 2850. The predicted molar refractivity (Wildman–Crippen MR) is 216 cm³/mol. The molecule has 10 aromatic rings. The van der Waals surface area contributed by atoms with E-state index in [-0.39, 0.29) is 11.1 Å². The summed E-state index contributed by atoms with van der Waals surface area (Å²) >= 11 is 0. The van der Waals surface area contributed by atoms with Crippen molar-refractivity contribution in [2.45, 2.75) is 52.4 Å². The molecule has 0 aliphatic carbocycles. The van der Waals surface area contributed by atoms with Crippen LogP contribution in [0.1, 0.15) is 50.7 Å². The van der Waals surface area contributed by atoms with Crippen molar-refractivity contribution in [2.24, 2.45) is 0 Å². The van der Waals surface area contributed by atoms with Gasteiger partial charge in [-0.1, -0.05) is 118 Å². The standard InChI is InChI=1S/C48H37NO2/c1-3-5-14-28-16-10-12-20-32(28)36-26-38-43-41-34(36)24-22-30-23-25-35-37(33-21-13-11-17-29(33)15-6-4-2)27-39(44(43)42(35)40(30)41)46-45(38)47(50)49(48(46)51)31-18-8-7-9-19-31/h7-13,16-27H,3-6,14-15H2,1-2H3. The zero-order valence-electron chi connectivity index (χ0n) is 29.0. The van der Waals surface area contributed by atoms with Gasteiger partial charge in [-0.05, 0) is 137 Å². The molecule has 0 spiro atoms. The molecule has 0 saturated carbocycles. The van der Waals surface area contributed by atoms with Gasteiger partial charge in [0.25, 0.3) is 11.1 Å². The van der Waals surface area contributed by atoms with E-state index in [0.29, 0.717) is 16.5 Å². The second kappa shape index (κ2) is 11.4. The Labute approximate surface area is 295 Å². The molecule has 0 radical (unpaired) electrons. The van der Waals surface area contributed by atoms with Gasteiger partial charge in [0.1, 0.15) is 0 Å². The monoisotopic (exact) mass is 659 g/mol. The first-order chi connectivity index (χ1) is 25.1. The summed E-state index contributed by atoms with van der Waals surface area (Å²) in [6.07, 6.45) is 6.42. The van der Waals surface area contributed by atoms with Crippen molar-refractivity contribution >= 4 is 64.6 Å². The molecule has 0 saturated heterocycles. The molecule has 0 amide bonds. The first kappa shape index (κ1) is 30.1. The van der Waals surface area contributed by atoms with Crippen molar-refractivity contribution in [3.8, 4) is 27.9 Å². The molecule has 1 heterocycles. The van der Waals surface area contributed by atoms with Gasteiger partial charge in [0, 0.05) is 0 Å². The lowest BCUT2D eigenvalue weighted by atomic mass is 9.87. The van der Waals surface area contributed by atoms with Crippen LogP contribution < -0.4 is 11.1 Å². The summed E-state index contributed by atoms with van der Waals surface area (Å²) in [7, 11) is 0. The SMILES string of the molecule is CCCCc1ccccc1-c1cc2c3c(=O)n(-c4ccccc4)c(=O)c3c3cc(-c4ccccc4CCCC)c4ccc5ccc1c1c5c4c3c21. The molecule has 0 unspecified atom stereocenters. The number of benzene rings is 8. The number of unbranched alkanes of at least 4 members (excludes halogenated alkanes) is 2. The van der Waals surface area contributed by atoms with Crippen LogP contribution in [-0.4, -0.2) is 4.57 Å². The van der Waals surface area contributed by atoms with Crippen molar-refractivity contribution in [1.82, 2.24) is 4.57 Å². The van der Waals surface area contributed by atoms with Crippen LogP contribution in [0.25, 0.3) is 92.6 Å². The van der Waals surface area contributed by atoms with E-state index in [1.807, 2.05) is 30.3 Å². The van der Waals surface area contributed by atoms with Crippen LogP contribution in [-0.2, 0) is 12.8 Å². The fourth-order valence-electron chi connectivity index (χ4n) is 9.18. The smallest absolute Gasteiger partial charge is 0.266 e. The molecule has 3 nitrogen and oxygen atoms in total. The van der Waals surface area contributed by atoms with Gasteiger partial charge < -0.3 is 0 Å². The minimum absolute atomic E-state index is 0.249. The number of aryl methyl sites for hydroxylation is 2. The van der Waals surface area contributed by atoms with Gasteiger partial charge in [0.2, 0.25) is 0 Å². The van der Waals surface area contributed by atoms with Gasteiger partial charge in [-0.15, -0.1) is 0 Å². The Morgan fingerprint density at radius 2 is 0.882 bits per heavy atom. The maximum Gasteiger partial charge on any atom is 0.266 e. The highest BCUT2D eigenvalue weighted by molar-refractivity contribution is 6.50. The first-order valence-electron chi connectivity index (χ1n) is 18.5. The van der Waals surface area contributed by atoms with E-state index in [9.17, 15) is 9.59 Å². The van der Waals surface area contributed by atoms with Crippen molar-refractivity contribution < 1.29 is 0 Å². The number of fused-ring (bicyclic) bond motifs is 3. The lowest BCUT2D eigenvalue weighted by Crippen LogP contribution is -2.23. The number of hydrogen-bond acceptors (Lipinski definition) is 2. The Balaban J connectivity index is 1.46. The maximum absolute atomic E-state index is 14.8. The highest BCUT2D eigenvalue weighted by Crippen LogP contribution is 2.54. The molecular formula is C48H37NO2. The lowest BCUT2D eigenvalue weighted by molar-refractivity contribution is 0.796. The summed E-state index contributed by atoms with van der Waals surface area (Å²) in [5.41, 5.74) is 7.38. The summed E-state index contributed by atoms with van der Waals surface area (Å²) in [6.45, 7) is 4.47. The highest BCUT2D eigenvalue weighted by atomic mass is 16.2. The number of para-hydroxylation sites is 1. The van der Waals surface area contributed by atoms with E-state index >= 15 is 0 Å². The normalized spacial score (nSPS) is 12.4. The average molecular weight is 660 g/mol. The third kappa shape index (κ3) is 4.12. The van der Waals surface area contributed by atoms with E-state index in [1.54, 1.807) is 0 Å². The van der Waals surface area contributed by atoms with E-state index in [4.69, 9.17) is 0 Å². The maximum atomic E-state index is 14.8. The quantitative estimate of drug-likeness (QED) is 0.145. The second-order valence-corrected chi connectivity index (χ2v) is 14.3. The zero-order valence-corrected chi connectivity index (χ0v) is 29.0. The molecule has 51 heavy (non-hydrogen) atoms. The Kier molecular flexibility index (Phi) is 6.70. The number of nitrogens with zero attached hydrogens (tertiary/aromatic N) is 1. The number of rotatable bonds is 9. The molecule has 246 valence electrons. The molecule has 10 rings (SSSR count). The fourth-order valence-corrected chi connectivity index (χ4v) is 9.18. The van der Waals surface area contributed by atoms with E-state index < -0.39 is 0 Å². The molecule has 9 aromatic carbocycles. The fraction of sp³-hybridized carbons (Fsp3) is 0.167. The van der Waals surface area contributed by atoms with Crippen molar-refractivity contribution in [1.29, 1.82) is 0 Å². The van der Waals surface area contributed by atoms with Crippen molar-refractivity contribution in [2.75, 3.05) is 0 Å². The average Bonchev–Trinajstić information content (AvgIpc) is 3.67. The van der Waals surface area contributed by atoms with Crippen LogP contribution in [0, 0.1) is 0 Å². The highest BCUT2D eigenvalue weighted by Gasteiger charge is 2.30. The number of hydrogen-bond donors (Lipinski definition) is 0. The van der Waals surface area contributed by atoms with Gasteiger partial charge in [-0.25, -0.2) is 4.57 Å². The van der Waals surface area contributed by atoms with Crippen LogP contribution in [0.15, 0.2) is 125 Å². The summed E-state index contributed by atoms with van der Waals surface area (Å²) < 4.78 is 1.40. The summed E-state index contributed by atoms with van der Waals surface area (Å²) in [4.78, 5) is 29.7. The number of aromatic nitrogens is 1. The van der Waals surface area contributed by atoms with Gasteiger partial charge in [-0.3, -0.25) is 9.59 Å². The van der Waals surface area contributed by atoms with Gasteiger partial charge in [0.15, 0.2) is 0 Å². The topological polar surface area (TPSA) is 39.1 Å². The molecule has 0 bridgehead atoms. The molecule has 0 fully saturated rings. The minimum Gasteiger partial charge on any atom is -0.268 e. The minimum atomic E-state index is -0.249. The lowest BCUT2D eigenvalue weighted by Gasteiger charge is -2.15. The largest absolute Gasteiger partial charge is 0.268 e. The van der Waals surface area contributed by atoms with Crippen LogP contribution in [0.2, 0.25) is 0 Å². The van der Waals surface area contributed by atoms with E-state index in [1.165, 1.54) is 59.1 Å². The van der Waals surface area contributed by atoms with Crippen LogP contribution >= 0.6 is 0 Å². The predicted octanol–water partition coefficient (Wildman–Crippen LogP) is 11.9. The molecule has 0 aliphatic rings. The summed E-state index contributed by atoms with van der Waals surface area (Å²) in [6, 6.07) is 40.4. The zero-order chi connectivity index (χ0) is 34.4. The van der Waals surface area contributed by atoms with E-state index in [0.717, 1.165) is 71.2 Å². The summed E-state index contributed by atoms with van der Waals surface area (Å²) in [5.74, 6) is 0. The Morgan fingerprint density at radius 1 is 0.431 bits per heavy atom. The van der Waals surface area contributed by atoms with Gasteiger partial charge in [-0.2, -0.15) is 0 Å². The molecule has 0 N–H and O–H groups in total. The van der Waals surface area contributed by atoms with Gasteiger partial charge >= 0.3 is 0 Å². The van der Waals surface area contributed by atoms with Gasteiger partial charge in [0.05, 0.1) is 16.5 Å². The van der Waals surface area contributed by atoms with Crippen molar-refractivity contribution in [3.05, 3.63) is 147 Å². The van der Waals surface area contributed by atoms with Crippen LogP contribution in [0.4, 0.5) is 0 Å². The molecule has 3 heteroatoms. The molecule has 1 aromatic heterocycles. The molecule has 0 aliphatic heterocycles. The molecular weight excluding hydrogens is 623 g/mol. The van der Waals surface area contributed by atoms with E-state index in [2.05, 4.69) is 98.8 Å². The Morgan fingerprint density at radius 3 is 1.37 bits per heavy atom. The third-order valence-electron chi connectivity index (χ3n) is 11.5. The second-order valence-electron chi connectivity index (χ2n) is 14.3. The Hall–Kier alpha value is -5.80. The van der Waals surface area contributed by atoms with Crippen LogP contribution in [0.5, 0.6) is 0 Å².